The van der Waals surface area contributed by atoms with Crippen molar-refractivity contribution in [3.63, 3.8) is 0 Å². The fourth-order valence-corrected chi connectivity index (χ4v) is 3.37. The van der Waals surface area contributed by atoms with E-state index in [-0.39, 0.29) is 5.92 Å². The van der Waals surface area contributed by atoms with Crippen LogP contribution in [0.1, 0.15) is 69.5 Å². The van der Waals surface area contributed by atoms with E-state index in [1.165, 1.54) is 0 Å². The van der Waals surface area contributed by atoms with Crippen molar-refractivity contribution in [2.45, 2.75) is 58.3 Å². The molecule has 3 heterocycles. The summed E-state index contributed by atoms with van der Waals surface area (Å²) in [6, 6.07) is 2.04. The number of aromatic nitrogens is 3. The van der Waals surface area contributed by atoms with Crippen LogP contribution in [-0.4, -0.2) is 52.5 Å². The molecule has 2 atom stereocenters. The minimum absolute atomic E-state index is 0.266. The van der Waals surface area contributed by atoms with Gasteiger partial charge >= 0.3 is 0 Å². The van der Waals surface area contributed by atoms with Gasteiger partial charge in [-0.25, -0.2) is 9.50 Å². The molecule has 0 saturated heterocycles. The van der Waals surface area contributed by atoms with Gasteiger partial charge in [0.15, 0.2) is 5.65 Å². The maximum atomic E-state index is 5.95. The molecule has 3 N–H and O–H groups in total. The minimum Gasteiger partial charge on any atom is -0.394 e. The Hall–Kier alpha value is -2.67. The van der Waals surface area contributed by atoms with Crippen molar-refractivity contribution < 1.29 is 0 Å². The maximum Gasteiger partial charge on any atom is 0.159 e. The van der Waals surface area contributed by atoms with E-state index in [9.17, 15) is 0 Å². The zero-order valence-electron chi connectivity index (χ0n) is 19.8. The zero-order valence-corrected chi connectivity index (χ0v) is 19.8. The molecule has 0 bridgehead atoms. The van der Waals surface area contributed by atoms with Gasteiger partial charge in [0, 0.05) is 62.2 Å². The third-order valence-electron chi connectivity index (χ3n) is 5.06. The third kappa shape index (κ3) is 7.83. The van der Waals surface area contributed by atoms with E-state index in [0.29, 0.717) is 12.5 Å². The second kappa shape index (κ2) is 15.2. The monoisotopic (exact) mass is 427 g/mol. The molecule has 0 amide bonds. The molecule has 0 aliphatic carbocycles. The molecule has 3 rings (SSSR count). The lowest BCUT2D eigenvalue weighted by Crippen LogP contribution is -2.26. The lowest BCUT2D eigenvalue weighted by Gasteiger charge is -2.25. The predicted molar refractivity (Wildman–Crippen MR) is 133 cm³/mol. The third-order valence-corrected chi connectivity index (χ3v) is 5.06. The Kier molecular flexibility index (Phi) is 12.9. The molecule has 1 aliphatic heterocycles. The summed E-state index contributed by atoms with van der Waals surface area (Å²) < 4.78 is 1.86. The van der Waals surface area contributed by atoms with Crippen LogP contribution in [0.25, 0.3) is 5.65 Å². The van der Waals surface area contributed by atoms with Gasteiger partial charge in [-0.1, -0.05) is 39.8 Å². The first-order valence-corrected chi connectivity index (χ1v) is 11.4. The Balaban J connectivity index is 0.000000720. The Morgan fingerprint density at radius 2 is 2.10 bits per heavy atom. The molecular formula is C24H41N7. The van der Waals surface area contributed by atoms with Gasteiger partial charge in [0.05, 0.1) is 6.20 Å². The molecule has 7 heteroatoms. The van der Waals surface area contributed by atoms with E-state index in [0.717, 1.165) is 55.7 Å². The first-order chi connectivity index (χ1) is 15.2. The predicted octanol–water partition coefficient (Wildman–Crippen LogP) is 4.30. The average molecular weight is 428 g/mol. The highest BCUT2D eigenvalue weighted by molar-refractivity contribution is 5.72. The van der Waals surface area contributed by atoms with Crippen molar-refractivity contribution in [3.05, 3.63) is 55.2 Å². The molecule has 2 unspecified atom stereocenters. The van der Waals surface area contributed by atoms with Crippen LogP contribution in [0.3, 0.4) is 0 Å². The Labute approximate surface area is 188 Å². The highest BCUT2D eigenvalue weighted by atomic mass is 15.4. The summed E-state index contributed by atoms with van der Waals surface area (Å²) in [7, 11) is 1.81. The van der Waals surface area contributed by atoms with Gasteiger partial charge in [-0.15, -0.1) is 6.58 Å². The zero-order chi connectivity index (χ0) is 23.1. The van der Waals surface area contributed by atoms with Gasteiger partial charge in [0.1, 0.15) is 0 Å². The van der Waals surface area contributed by atoms with E-state index in [1.54, 1.807) is 6.20 Å². The minimum atomic E-state index is 0.266. The summed E-state index contributed by atoms with van der Waals surface area (Å²) in [6.45, 7) is 15.8. The average Bonchev–Trinajstić information content (AvgIpc) is 3.26. The van der Waals surface area contributed by atoms with E-state index in [2.05, 4.69) is 40.6 Å². The van der Waals surface area contributed by atoms with Crippen molar-refractivity contribution in [1.29, 1.82) is 0 Å². The first kappa shape index (κ1) is 26.4. The SMILES string of the molecule is C=CCCN1CCC(c2cnn3ccc(C(CN)CCC)nc23)C=N1.C=CNC.CC. The van der Waals surface area contributed by atoms with Gasteiger partial charge in [-0.05, 0) is 31.5 Å². The van der Waals surface area contributed by atoms with Crippen LogP contribution < -0.4 is 11.1 Å². The standard InChI is InChI=1S/C19H28N6.C3H7N.C2H6/c1-3-5-9-24-10-7-16(13-21-24)17-14-22-25-11-8-18(23-19(17)25)15(12-20)6-4-2;1-3-4-2;1-2/h3,8,11,13-16H,1,4-7,9-10,12,20H2,2H3;3-4H,1H2,2H3;1-2H3. The molecule has 0 saturated carbocycles. The van der Waals surface area contributed by atoms with Crippen LogP contribution in [0.2, 0.25) is 0 Å². The van der Waals surface area contributed by atoms with Crippen LogP contribution in [0.15, 0.2) is 49.0 Å². The van der Waals surface area contributed by atoms with Crippen LogP contribution >= 0.6 is 0 Å². The van der Waals surface area contributed by atoms with Crippen LogP contribution in [0, 0.1) is 0 Å². The van der Waals surface area contributed by atoms with Crippen molar-refractivity contribution in [2.24, 2.45) is 10.8 Å². The summed E-state index contributed by atoms with van der Waals surface area (Å²) in [5.41, 5.74) is 9.11. The van der Waals surface area contributed by atoms with Crippen LogP contribution in [-0.2, 0) is 0 Å². The van der Waals surface area contributed by atoms with Crippen molar-refractivity contribution in [1.82, 2.24) is 24.9 Å². The summed E-state index contributed by atoms with van der Waals surface area (Å²) in [4.78, 5) is 4.90. The smallest absolute Gasteiger partial charge is 0.159 e. The Morgan fingerprint density at radius 3 is 2.65 bits per heavy atom. The fraction of sp³-hybridized carbons (Fsp3) is 0.542. The molecule has 0 spiro atoms. The van der Waals surface area contributed by atoms with Crippen molar-refractivity contribution in [3.8, 4) is 0 Å². The van der Waals surface area contributed by atoms with E-state index >= 15 is 0 Å². The largest absolute Gasteiger partial charge is 0.394 e. The fourth-order valence-electron chi connectivity index (χ4n) is 3.37. The number of hydrogen-bond donors (Lipinski definition) is 2. The number of nitrogens with zero attached hydrogens (tertiary/aromatic N) is 5. The molecule has 7 nitrogen and oxygen atoms in total. The number of nitrogens with one attached hydrogen (secondary N) is 1. The number of rotatable bonds is 9. The first-order valence-electron chi connectivity index (χ1n) is 11.4. The Morgan fingerprint density at radius 1 is 1.35 bits per heavy atom. The highest BCUT2D eigenvalue weighted by Gasteiger charge is 2.21. The molecule has 2 aromatic rings. The number of hydrogen-bond acceptors (Lipinski definition) is 6. The number of nitrogens with two attached hydrogens (primary N) is 1. The van der Waals surface area contributed by atoms with Gasteiger partial charge in [0.25, 0.3) is 0 Å². The number of fused-ring (bicyclic) bond motifs is 1. The molecule has 0 aromatic carbocycles. The van der Waals surface area contributed by atoms with Gasteiger partial charge in [-0.3, -0.25) is 5.01 Å². The van der Waals surface area contributed by atoms with Gasteiger partial charge in [0.2, 0.25) is 0 Å². The lowest BCUT2D eigenvalue weighted by molar-refractivity contribution is 0.275. The van der Waals surface area contributed by atoms with E-state index in [4.69, 9.17) is 10.7 Å². The van der Waals surface area contributed by atoms with Crippen molar-refractivity contribution >= 4 is 11.9 Å². The molecule has 2 aromatic heterocycles. The Bertz CT molecular complexity index is 796. The second-order valence-electron chi connectivity index (χ2n) is 7.13. The molecule has 31 heavy (non-hydrogen) atoms. The topological polar surface area (TPSA) is 83.8 Å². The molecular weight excluding hydrogens is 386 g/mol. The van der Waals surface area contributed by atoms with Gasteiger partial charge in [-0.2, -0.15) is 10.2 Å². The molecule has 0 fully saturated rings. The summed E-state index contributed by atoms with van der Waals surface area (Å²) in [6.07, 6.45) is 13.7. The normalized spacial score (nSPS) is 15.9. The summed E-state index contributed by atoms with van der Waals surface area (Å²) >= 11 is 0. The van der Waals surface area contributed by atoms with Crippen molar-refractivity contribution in [2.75, 3.05) is 26.7 Å². The van der Waals surface area contributed by atoms with E-state index in [1.807, 2.05) is 56.2 Å². The summed E-state index contributed by atoms with van der Waals surface area (Å²) in [5.74, 6) is 0.579. The molecule has 172 valence electrons. The summed E-state index contributed by atoms with van der Waals surface area (Å²) in [5, 5.41) is 13.9. The van der Waals surface area contributed by atoms with Crippen LogP contribution in [0.4, 0.5) is 0 Å². The quantitative estimate of drug-likeness (QED) is 0.583. The maximum absolute atomic E-state index is 5.95. The number of hydrazone groups is 1. The molecule has 1 aliphatic rings. The van der Waals surface area contributed by atoms with Gasteiger partial charge < -0.3 is 11.1 Å². The highest BCUT2D eigenvalue weighted by Crippen LogP contribution is 2.26. The molecule has 0 radical (unpaired) electrons. The lowest BCUT2D eigenvalue weighted by atomic mass is 9.97. The second-order valence-corrected chi connectivity index (χ2v) is 7.13. The van der Waals surface area contributed by atoms with Crippen LogP contribution in [0.5, 0.6) is 0 Å². The van der Waals surface area contributed by atoms with E-state index < -0.39 is 0 Å².